The first-order chi connectivity index (χ1) is 9.95. The van der Waals surface area contributed by atoms with Gasteiger partial charge >= 0.3 is 0 Å². The van der Waals surface area contributed by atoms with Crippen molar-refractivity contribution in [3.63, 3.8) is 0 Å². The molecule has 1 aromatic rings. The minimum Gasteiger partial charge on any atom is -0.309 e. The fourth-order valence-corrected chi connectivity index (χ4v) is 4.00. The van der Waals surface area contributed by atoms with E-state index in [4.69, 9.17) is 23.2 Å². The third kappa shape index (κ3) is 4.55. The van der Waals surface area contributed by atoms with E-state index in [2.05, 4.69) is 4.90 Å². The van der Waals surface area contributed by atoms with Gasteiger partial charge in [0.25, 0.3) is 0 Å². The number of ketones is 1. The smallest absolute Gasteiger partial charge is 0.153 e. The Labute approximate surface area is 153 Å². The molecule has 0 aromatic heterocycles. The van der Waals surface area contributed by atoms with Crippen LogP contribution in [0.3, 0.4) is 0 Å². The van der Waals surface area contributed by atoms with Crippen LogP contribution in [0.1, 0.15) is 24.8 Å². The lowest BCUT2D eigenvalue weighted by Gasteiger charge is -2.41. The molecule has 1 aliphatic rings. The van der Waals surface area contributed by atoms with Gasteiger partial charge in [-0.15, -0.1) is 12.4 Å². The number of thioether (sulfide) groups is 1. The third-order valence-corrected chi connectivity index (χ3v) is 5.81. The van der Waals surface area contributed by atoms with Crippen LogP contribution in [-0.2, 0) is 10.2 Å². The Morgan fingerprint density at radius 1 is 1.27 bits per heavy atom. The van der Waals surface area contributed by atoms with Gasteiger partial charge in [0.15, 0.2) is 5.78 Å². The standard InChI is InChI=1S/C16H21Cl2NOS.ClH/c1-19(2)8-9-21-11-15(20)16(6-3-7-16)12-4-5-13(17)14(18)10-12;/h4-5,10H,3,6-9,11H2,1-2H3;1H. The molecular weight excluding hydrogens is 361 g/mol. The van der Waals surface area contributed by atoms with Gasteiger partial charge in [-0.1, -0.05) is 35.7 Å². The second kappa shape index (κ2) is 8.79. The third-order valence-electron chi connectivity index (χ3n) is 4.13. The zero-order valence-corrected chi connectivity index (χ0v) is 16.0. The average Bonchev–Trinajstić information content (AvgIpc) is 2.37. The van der Waals surface area contributed by atoms with Crippen LogP contribution in [0.25, 0.3) is 0 Å². The highest BCUT2D eigenvalue weighted by molar-refractivity contribution is 7.99. The minimum atomic E-state index is -0.320. The molecule has 1 saturated carbocycles. The summed E-state index contributed by atoms with van der Waals surface area (Å²) in [6.07, 6.45) is 2.96. The second-order valence-electron chi connectivity index (χ2n) is 5.84. The molecule has 0 amide bonds. The number of carbonyl (C=O) groups excluding carboxylic acids is 1. The molecular formula is C16H22Cl3NOS. The Kier molecular flexibility index (Phi) is 8.04. The molecule has 1 aliphatic carbocycles. The summed E-state index contributed by atoms with van der Waals surface area (Å²) < 4.78 is 0. The molecule has 2 rings (SSSR count). The zero-order chi connectivity index (χ0) is 15.5. The molecule has 0 N–H and O–H groups in total. The summed E-state index contributed by atoms with van der Waals surface area (Å²) in [5, 5.41) is 1.08. The summed E-state index contributed by atoms with van der Waals surface area (Å²) in [5.74, 6) is 1.89. The Morgan fingerprint density at radius 3 is 2.45 bits per heavy atom. The van der Waals surface area contributed by atoms with E-state index >= 15 is 0 Å². The van der Waals surface area contributed by atoms with Gasteiger partial charge in [0.1, 0.15) is 0 Å². The van der Waals surface area contributed by atoms with Gasteiger partial charge in [-0.25, -0.2) is 0 Å². The minimum absolute atomic E-state index is 0. The van der Waals surface area contributed by atoms with Crippen molar-refractivity contribution < 1.29 is 4.79 Å². The van der Waals surface area contributed by atoms with Gasteiger partial charge < -0.3 is 4.90 Å². The maximum absolute atomic E-state index is 12.7. The molecule has 2 nitrogen and oxygen atoms in total. The van der Waals surface area contributed by atoms with Crippen LogP contribution in [0.15, 0.2) is 18.2 Å². The molecule has 1 fully saturated rings. The lowest BCUT2D eigenvalue weighted by molar-refractivity contribution is -0.125. The number of hydrogen-bond donors (Lipinski definition) is 0. The Bertz CT molecular complexity index is 518. The fraction of sp³-hybridized carbons (Fsp3) is 0.562. The molecule has 0 spiro atoms. The Balaban J connectivity index is 0.00000242. The number of hydrogen-bond acceptors (Lipinski definition) is 3. The van der Waals surface area contributed by atoms with Crippen LogP contribution in [-0.4, -0.2) is 42.8 Å². The van der Waals surface area contributed by atoms with E-state index in [0.29, 0.717) is 21.6 Å². The normalized spacial score (nSPS) is 16.0. The second-order valence-corrected chi connectivity index (χ2v) is 7.76. The Morgan fingerprint density at radius 2 is 1.95 bits per heavy atom. The van der Waals surface area contributed by atoms with Crippen molar-refractivity contribution in [3.8, 4) is 0 Å². The van der Waals surface area contributed by atoms with E-state index in [-0.39, 0.29) is 17.8 Å². The van der Waals surface area contributed by atoms with Crippen LogP contribution < -0.4 is 0 Å². The quantitative estimate of drug-likeness (QED) is 0.637. The van der Waals surface area contributed by atoms with Crippen molar-refractivity contribution in [3.05, 3.63) is 33.8 Å². The molecule has 0 unspecified atom stereocenters. The van der Waals surface area contributed by atoms with Crippen LogP contribution >= 0.6 is 47.4 Å². The van der Waals surface area contributed by atoms with Crippen molar-refractivity contribution in [1.29, 1.82) is 0 Å². The fourth-order valence-electron chi connectivity index (χ4n) is 2.60. The first-order valence-electron chi connectivity index (χ1n) is 7.17. The van der Waals surface area contributed by atoms with E-state index in [1.807, 2.05) is 26.2 Å². The van der Waals surface area contributed by atoms with Gasteiger partial charge in [-0.2, -0.15) is 11.8 Å². The summed E-state index contributed by atoms with van der Waals surface area (Å²) in [4.78, 5) is 14.8. The summed E-state index contributed by atoms with van der Waals surface area (Å²) in [7, 11) is 4.09. The van der Waals surface area contributed by atoms with Gasteiger partial charge in [0.05, 0.1) is 21.2 Å². The van der Waals surface area contributed by atoms with Crippen LogP contribution in [0, 0.1) is 0 Å². The van der Waals surface area contributed by atoms with Crippen molar-refractivity contribution in [2.45, 2.75) is 24.7 Å². The highest BCUT2D eigenvalue weighted by Crippen LogP contribution is 2.46. The molecule has 0 aliphatic heterocycles. The van der Waals surface area contributed by atoms with E-state index in [1.165, 1.54) is 0 Å². The molecule has 0 saturated heterocycles. The summed E-state index contributed by atoms with van der Waals surface area (Å²) in [5.41, 5.74) is 0.709. The predicted molar refractivity (Wildman–Crippen MR) is 100 cm³/mol. The molecule has 1 aromatic carbocycles. The van der Waals surface area contributed by atoms with Crippen molar-refractivity contribution in [2.75, 3.05) is 32.1 Å². The predicted octanol–water partition coefficient (Wildman–Crippen LogP) is 4.70. The molecule has 0 atom stereocenters. The molecule has 6 heteroatoms. The summed E-state index contributed by atoms with van der Waals surface area (Å²) >= 11 is 13.8. The number of benzene rings is 1. The van der Waals surface area contributed by atoms with Gasteiger partial charge in [-0.3, -0.25) is 4.79 Å². The van der Waals surface area contributed by atoms with Crippen LogP contribution in [0.5, 0.6) is 0 Å². The lowest BCUT2D eigenvalue weighted by Crippen LogP contribution is -2.43. The van der Waals surface area contributed by atoms with E-state index < -0.39 is 0 Å². The lowest BCUT2D eigenvalue weighted by atomic mass is 9.62. The molecule has 0 bridgehead atoms. The first-order valence-corrected chi connectivity index (χ1v) is 9.08. The van der Waals surface area contributed by atoms with E-state index in [0.717, 1.165) is 37.1 Å². The molecule has 0 heterocycles. The van der Waals surface area contributed by atoms with Gasteiger partial charge in [0.2, 0.25) is 0 Å². The molecule has 0 radical (unpaired) electrons. The number of nitrogens with zero attached hydrogens (tertiary/aromatic N) is 1. The number of halogens is 3. The first kappa shape index (κ1) is 20.1. The highest BCUT2D eigenvalue weighted by Gasteiger charge is 2.44. The number of Topliss-reactive ketones (excluding diaryl/α,β-unsaturated/α-hetero) is 1. The number of carbonyl (C=O) groups is 1. The van der Waals surface area contributed by atoms with Gasteiger partial charge in [-0.05, 0) is 44.6 Å². The zero-order valence-electron chi connectivity index (χ0n) is 12.9. The number of rotatable bonds is 7. The van der Waals surface area contributed by atoms with Crippen molar-refractivity contribution >= 4 is 53.2 Å². The maximum atomic E-state index is 12.7. The Hall–Kier alpha value is 0.0700. The summed E-state index contributed by atoms with van der Waals surface area (Å²) in [6.45, 7) is 0.998. The average molecular weight is 383 g/mol. The van der Waals surface area contributed by atoms with E-state index in [1.54, 1.807) is 17.8 Å². The summed E-state index contributed by atoms with van der Waals surface area (Å²) in [6, 6.07) is 5.62. The van der Waals surface area contributed by atoms with Crippen molar-refractivity contribution in [2.24, 2.45) is 0 Å². The molecule has 22 heavy (non-hydrogen) atoms. The maximum Gasteiger partial charge on any atom is 0.153 e. The SMILES string of the molecule is CN(C)CCSCC(=O)C1(c2ccc(Cl)c(Cl)c2)CCC1.Cl. The van der Waals surface area contributed by atoms with E-state index in [9.17, 15) is 4.79 Å². The van der Waals surface area contributed by atoms with Crippen LogP contribution in [0.4, 0.5) is 0 Å². The molecule has 124 valence electrons. The topological polar surface area (TPSA) is 20.3 Å². The van der Waals surface area contributed by atoms with Crippen molar-refractivity contribution in [1.82, 2.24) is 4.90 Å². The van der Waals surface area contributed by atoms with Crippen LogP contribution in [0.2, 0.25) is 10.0 Å². The largest absolute Gasteiger partial charge is 0.309 e. The van der Waals surface area contributed by atoms with Gasteiger partial charge in [0, 0.05) is 12.3 Å². The highest BCUT2D eigenvalue weighted by atomic mass is 35.5. The monoisotopic (exact) mass is 381 g/mol.